The van der Waals surface area contributed by atoms with Crippen molar-refractivity contribution in [3.05, 3.63) is 53.9 Å². The largest absolute Gasteiger partial charge is 0.450 e. The SMILES string of the molecule is CCOC(=O)N1CCC(Nc2cncc(C(=O)Nc3cccc(C)c3)c2)CC1. The highest BCUT2D eigenvalue weighted by molar-refractivity contribution is 6.04. The number of pyridine rings is 1. The molecule has 28 heavy (non-hydrogen) atoms. The number of carbonyl (C=O) groups is 2. The van der Waals surface area contributed by atoms with Crippen LogP contribution < -0.4 is 10.6 Å². The number of benzene rings is 1. The second kappa shape index (κ2) is 9.21. The molecule has 1 aromatic carbocycles. The molecule has 1 aliphatic rings. The Morgan fingerprint density at radius 3 is 2.68 bits per heavy atom. The van der Waals surface area contributed by atoms with E-state index in [2.05, 4.69) is 15.6 Å². The van der Waals surface area contributed by atoms with E-state index in [-0.39, 0.29) is 18.0 Å². The molecule has 0 radical (unpaired) electrons. The lowest BCUT2D eigenvalue weighted by atomic mass is 10.1. The first-order valence-corrected chi connectivity index (χ1v) is 9.56. The zero-order valence-electron chi connectivity index (χ0n) is 16.3. The predicted octanol–water partition coefficient (Wildman–Crippen LogP) is 3.68. The minimum Gasteiger partial charge on any atom is -0.450 e. The molecular weight excluding hydrogens is 356 g/mol. The normalized spacial score (nSPS) is 14.4. The van der Waals surface area contributed by atoms with Gasteiger partial charge in [0.15, 0.2) is 0 Å². The van der Waals surface area contributed by atoms with E-state index in [0.29, 0.717) is 25.3 Å². The van der Waals surface area contributed by atoms with Crippen LogP contribution in [0.4, 0.5) is 16.2 Å². The predicted molar refractivity (Wildman–Crippen MR) is 109 cm³/mol. The summed E-state index contributed by atoms with van der Waals surface area (Å²) in [5, 5.41) is 6.31. The number of ether oxygens (including phenoxy) is 1. The molecule has 0 aliphatic carbocycles. The monoisotopic (exact) mass is 382 g/mol. The van der Waals surface area contributed by atoms with Crippen molar-refractivity contribution in [3.8, 4) is 0 Å². The number of nitrogens with zero attached hydrogens (tertiary/aromatic N) is 2. The smallest absolute Gasteiger partial charge is 0.409 e. The van der Waals surface area contributed by atoms with Gasteiger partial charge in [0.2, 0.25) is 0 Å². The van der Waals surface area contributed by atoms with Crippen LogP contribution in [0.15, 0.2) is 42.7 Å². The number of hydrogen-bond donors (Lipinski definition) is 2. The van der Waals surface area contributed by atoms with E-state index in [9.17, 15) is 9.59 Å². The molecule has 0 atom stereocenters. The van der Waals surface area contributed by atoms with Gasteiger partial charge in [-0.25, -0.2) is 4.79 Å². The van der Waals surface area contributed by atoms with Crippen molar-refractivity contribution in [3.63, 3.8) is 0 Å². The molecule has 2 amide bonds. The summed E-state index contributed by atoms with van der Waals surface area (Å²) in [7, 11) is 0. The van der Waals surface area contributed by atoms with Gasteiger partial charge in [-0.3, -0.25) is 9.78 Å². The zero-order chi connectivity index (χ0) is 19.9. The molecular formula is C21H26N4O3. The van der Waals surface area contributed by atoms with Gasteiger partial charge >= 0.3 is 6.09 Å². The summed E-state index contributed by atoms with van der Waals surface area (Å²) in [5.74, 6) is -0.195. The lowest BCUT2D eigenvalue weighted by Crippen LogP contribution is -2.42. The zero-order valence-corrected chi connectivity index (χ0v) is 16.3. The molecule has 7 nitrogen and oxygen atoms in total. The van der Waals surface area contributed by atoms with Crippen LogP contribution in [0.1, 0.15) is 35.7 Å². The van der Waals surface area contributed by atoms with Crippen molar-refractivity contribution in [1.82, 2.24) is 9.88 Å². The quantitative estimate of drug-likeness (QED) is 0.824. The molecule has 0 saturated carbocycles. The minimum atomic E-state index is -0.252. The molecule has 148 valence electrons. The molecule has 0 bridgehead atoms. The molecule has 2 aromatic rings. The Hall–Kier alpha value is -3.09. The van der Waals surface area contributed by atoms with Gasteiger partial charge in [-0.05, 0) is 50.5 Å². The Kier molecular flexibility index (Phi) is 6.47. The lowest BCUT2D eigenvalue weighted by Gasteiger charge is -2.32. The Bertz CT molecular complexity index is 832. The van der Waals surface area contributed by atoms with Gasteiger partial charge in [-0.15, -0.1) is 0 Å². The number of rotatable bonds is 5. The van der Waals surface area contributed by atoms with Crippen LogP contribution in [0.2, 0.25) is 0 Å². The molecule has 2 N–H and O–H groups in total. The van der Waals surface area contributed by atoms with Crippen LogP contribution in [0.3, 0.4) is 0 Å². The van der Waals surface area contributed by atoms with E-state index in [0.717, 1.165) is 29.8 Å². The number of aromatic nitrogens is 1. The Morgan fingerprint density at radius 1 is 1.18 bits per heavy atom. The molecule has 3 rings (SSSR count). The fraction of sp³-hybridized carbons (Fsp3) is 0.381. The van der Waals surface area contributed by atoms with E-state index < -0.39 is 0 Å². The highest BCUT2D eigenvalue weighted by Gasteiger charge is 2.23. The standard InChI is InChI=1S/C21H26N4O3/c1-3-28-21(27)25-9-7-17(8-10-25)23-19-12-16(13-22-14-19)20(26)24-18-6-4-5-15(2)11-18/h4-6,11-14,17,23H,3,7-10H2,1-2H3,(H,24,26). The van der Waals surface area contributed by atoms with E-state index in [1.807, 2.05) is 31.2 Å². The summed E-state index contributed by atoms with van der Waals surface area (Å²) in [6.45, 7) is 5.48. The van der Waals surface area contributed by atoms with Gasteiger partial charge in [0, 0.05) is 37.2 Å². The van der Waals surface area contributed by atoms with E-state index in [1.54, 1.807) is 30.3 Å². The highest BCUT2D eigenvalue weighted by atomic mass is 16.6. The molecule has 1 fully saturated rings. The van der Waals surface area contributed by atoms with Gasteiger partial charge in [0.25, 0.3) is 5.91 Å². The third-order valence-electron chi connectivity index (χ3n) is 4.67. The second-order valence-electron chi connectivity index (χ2n) is 6.89. The molecule has 0 unspecified atom stereocenters. The average Bonchev–Trinajstić information content (AvgIpc) is 2.69. The first kappa shape index (κ1) is 19.7. The van der Waals surface area contributed by atoms with Gasteiger partial charge in [0.05, 0.1) is 17.9 Å². The number of anilines is 2. The molecule has 0 spiro atoms. The molecule has 7 heteroatoms. The van der Waals surface area contributed by atoms with Gasteiger partial charge in [-0.2, -0.15) is 0 Å². The van der Waals surface area contributed by atoms with Crippen LogP contribution in [-0.2, 0) is 4.74 Å². The fourth-order valence-electron chi connectivity index (χ4n) is 3.23. The Morgan fingerprint density at radius 2 is 1.96 bits per heavy atom. The number of carbonyl (C=O) groups excluding carboxylic acids is 2. The maximum Gasteiger partial charge on any atom is 0.409 e. The van der Waals surface area contributed by atoms with Crippen LogP contribution in [-0.4, -0.2) is 47.6 Å². The number of nitrogens with one attached hydrogen (secondary N) is 2. The summed E-state index contributed by atoms with van der Waals surface area (Å²) in [6, 6.07) is 9.69. The highest BCUT2D eigenvalue weighted by Crippen LogP contribution is 2.18. The summed E-state index contributed by atoms with van der Waals surface area (Å²) in [5.41, 5.74) is 3.14. The van der Waals surface area contributed by atoms with Crippen molar-refractivity contribution in [2.24, 2.45) is 0 Å². The minimum absolute atomic E-state index is 0.195. The first-order valence-electron chi connectivity index (χ1n) is 9.56. The van der Waals surface area contributed by atoms with E-state index in [4.69, 9.17) is 4.74 Å². The summed E-state index contributed by atoms with van der Waals surface area (Å²) in [6.07, 6.45) is 4.65. The maximum absolute atomic E-state index is 12.5. The fourth-order valence-corrected chi connectivity index (χ4v) is 3.23. The number of piperidine rings is 1. The summed E-state index contributed by atoms with van der Waals surface area (Å²) in [4.78, 5) is 30.2. The Balaban J connectivity index is 1.56. The van der Waals surface area contributed by atoms with E-state index in [1.165, 1.54) is 0 Å². The third kappa shape index (κ3) is 5.22. The second-order valence-corrected chi connectivity index (χ2v) is 6.89. The summed E-state index contributed by atoms with van der Waals surface area (Å²) >= 11 is 0. The van der Waals surface area contributed by atoms with Crippen LogP contribution >= 0.6 is 0 Å². The van der Waals surface area contributed by atoms with Gasteiger partial charge in [-0.1, -0.05) is 12.1 Å². The van der Waals surface area contributed by atoms with Crippen LogP contribution in [0, 0.1) is 6.92 Å². The lowest BCUT2D eigenvalue weighted by molar-refractivity contribution is 0.0981. The van der Waals surface area contributed by atoms with E-state index >= 15 is 0 Å². The van der Waals surface area contributed by atoms with Crippen molar-refractivity contribution in [2.45, 2.75) is 32.7 Å². The Labute approximate surface area is 165 Å². The molecule has 2 heterocycles. The maximum atomic E-state index is 12.5. The molecule has 1 saturated heterocycles. The van der Waals surface area contributed by atoms with Crippen LogP contribution in [0.5, 0.6) is 0 Å². The van der Waals surface area contributed by atoms with Crippen molar-refractivity contribution in [1.29, 1.82) is 0 Å². The number of likely N-dealkylation sites (tertiary alicyclic amines) is 1. The first-order chi connectivity index (χ1) is 13.5. The van der Waals surface area contributed by atoms with Crippen molar-refractivity contribution >= 4 is 23.4 Å². The number of hydrogen-bond acceptors (Lipinski definition) is 5. The number of amides is 2. The van der Waals surface area contributed by atoms with Gasteiger partial charge < -0.3 is 20.3 Å². The van der Waals surface area contributed by atoms with Crippen molar-refractivity contribution < 1.29 is 14.3 Å². The van der Waals surface area contributed by atoms with Crippen molar-refractivity contribution in [2.75, 3.05) is 30.3 Å². The van der Waals surface area contributed by atoms with Gasteiger partial charge in [0.1, 0.15) is 0 Å². The topological polar surface area (TPSA) is 83.6 Å². The average molecular weight is 382 g/mol. The molecule has 1 aromatic heterocycles. The third-order valence-corrected chi connectivity index (χ3v) is 4.67. The number of aryl methyl sites for hydroxylation is 1. The van der Waals surface area contributed by atoms with Crippen LogP contribution in [0.25, 0.3) is 0 Å². The summed E-state index contributed by atoms with van der Waals surface area (Å²) < 4.78 is 5.05. The molecule has 1 aliphatic heterocycles.